The van der Waals surface area contributed by atoms with Crippen LogP contribution >= 0.6 is 15.9 Å². The molecule has 0 radical (unpaired) electrons. The second-order valence-electron chi connectivity index (χ2n) is 4.35. The summed E-state index contributed by atoms with van der Waals surface area (Å²) in [4.78, 5) is 2.29. The molecule has 1 nitrogen and oxygen atoms in total. The van der Waals surface area contributed by atoms with Crippen LogP contribution in [0.4, 0.5) is 10.1 Å². The summed E-state index contributed by atoms with van der Waals surface area (Å²) in [7, 11) is 0. The lowest BCUT2D eigenvalue weighted by atomic mass is 10.1. The second-order valence-corrected chi connectivity index (χ2v) is 4.91. The molecule has 1 aromatic carbocycles. The summed E-state index contributed by atoms with van der Waals surface area (Å²) in [6.45, 7) is 4.14. The third kappa shape index (κ3) is 2.57. The molecule has 0 saturated heterocycles. The van der Waals surface area contributed by atoms with E-state index < -0.39 is 0 Å². The Balaban J connectivity index is 2.24. The van der Waals surface area contributed by atoms with Gasteiger partial charge in [-0.2, -0.15) is 0 Å². The fraction of sp³-hybridized carbons (Fsp3) is 0.538. The van der Waals surface area contributed by atoms with E-state index in [2.05, 4.69) is 27.8 Å². The number of hydrogen-bond acceptors (Lipinski definition) is 1. The molecular weight excluding hydrogens is 269 g/mol. The molecule has 0 unspecified atom stereocenters. The third-order valence-electron chi connectivity index (χ3n) is 3.13. The van der Waals surface area contributed by atoms with Crippen LogP contribution < -0.4 is 4.90 Å². The molecule has 0 bridgehead atoms. The van der Waals surface area contributed by atoms with Crippen molar-refractivity contribution in [1.29, 1.82) is 0 Å². The number of halogens is 2. The quantitative estimate of drug-likeness (QED) is 0.741. The Hall–Kier alpha value is -0.570. The van der Waals surface area contributed by atoms with E-state index in [-0.39, 0.29) is 5.82 Å². The van der Waals surface area contributed by atoms with Gasteiger partial charge in [0.05, 0.1) is 0 Å². The molecule has 0 N–H and O–H groups in total. The minimum atomic E-state index is -0.108. The molecule has 0 aromatic heterocycles. The standard InChI is InChI=1S/C13H17BrFN/c1-2-16(9-10-6-7-10)13-5-3-4-12(15)11(13)8-14/h3-5,10H,2,6-9H2,1H3. The summed E-state index contributed by atoms with van der Waals surface area (Å²) >= 11 is 3.37. The van der Waals surface area contributed by atoms with Gasteiger partial charge in [0.1, 0.15) is 5.82 Å². The number of anilines is 1. The summed E-state index contributed by atoms with van der Waals surface area (Å²) in [5.41, 5.74) is 1.83. The predicted octanol–water partition coefficient (Wildman–Crippen LogP) is 3.96. The molecule has 1 saturated carbocycles. The highest BCUT2D eigenvalue weighted by atomic mass is 79.9. The number of alkyl halides is 1. The van der Waals surface area contributed by atoms with Gasteiger partial charge in [0.15, 0.2) is 0 Å². The molecule has 1 aromatic rings. The maximum atomic E-state index is 13.6. The van der Waals surface area contributed by atoms with Crippen molar-refractivity contribution in [1.82, 2.24) is 0 Å². The van der Waals surface area contributed by atoms with Crippen molar-refractivity contribution in [3.63, 3.8) is 0 Å². The molecule has 0 atom stereocenters. The van der Waals surface area contributed by atoms with Gasteiger partial charge in [-0.15, -0.1) is 0 Å². The van der Waals surface area contributed by atoms with E-state index in [0.29, 0.717) is 5.33 Å². The van der Waals surface area contributed by atoms with Crippen LogP contribution in [0.15, 0.2) is 18.2 Å². The Bertz CT molecular complexity index is 363. The normalized spacial score (nSPS) is 15.2. The van der Waals surface area contributed by atoms with Crippen molar-refractivity contribution < 1.29 is 4.39 Å². The van der Waals surface area contributed by atoms with Crippen molar-refractivity contribution in [2.45, 2.75) is 25.1 Å². The lowest BCUT2D eigenvalue weighted by Gasteiger charge is -2.25. The lowest BCUT2D eigenvalue weighted by molar-refractivity contribution is 0.615. The number of rotatable bonds is 5. The van der Waals surface area contributed by atoms with Gasteiger partial charge in [-0.05, 0) is 37.8 Å². The van der Waals surface area contributed by atoms with Gasteiger partial charge in [0, 0.05) is 29.7 Å². The molecule has 0 spiro atoms. The molecule has 0 heterocycles. The van der Waals surface area contributed by atoms with E-state index in [4.69, 9.17) is 0 Å². The fourth-order valence-corrected chi connectivity index (χ4v) is 2.54. The number of nitrogens with zero attached hydrogens (tertiary/aromatic N) is 1. The van der Waals surface area contributed by atoms with Gasteiger partial charge in [-0.25, -0.2) is 4.39 Å². The third-order valence-corrected chi connectivity index (χ3v) is 3.69. The first-order valence-corrected chi connectivity index (χ1v) is 6.96. The smallest absolute Gasteiger partial charge is 0.129 e. The van der Waals surface area contributed by atoms with E-state index in [0.717, 1.165) is 30.3 Å². The van der Waals surface area contributed by atoms with Crippen LogP contribution in [-0.2, 0) is 5.33 Å². The molecule has 16 heavy (non-hydrogen) atoms. The van der Waals surface area contributed by atoms with Crippen molar-refractivity contribution in [3.05, 3.63) is 29.6 Å². The van der Waals surface area contributed by atoms with E-state index in [1.165, 1.54) is 18.9 Å². The zero-order valence-corrected chi connectivity index (χ0v) is 11.1. The lowest BCUT2D eigenvalue weighted by Crippen LogP contribution is -2.26. The predicted molar refractivity (Wildman–Crippen MR) is 69.6 cm³/mol. The zero-order valence-electron chi connectivity index (χ0n) is 9.55. The first-order chi connectivity index (χ1) is 7.76. The Morgan fingerprint density at radius 3 is 2.75 bits per heavy atom. The van der Waals surface area contributed by atoms with Gasteiger partial charge < -0.3 is 4.90 Å². The maximum absolute atomic E-state index is 13.6. The Morgan fingerprint density at radius 1 is 1.44 bits per heavy atom. The van der Waals surface area contributed by atoms with Crippen LogP contribution in [0.2, 0.25) is 0 Å². The first kappa shape index (κ1) is 11.9. The van der Waals surface area contributed by atoms with Gasteiger partial charge >= 0.3 is 0 Å². The van der Waals surface area contributed by atoms with Crippen LogP contribution in [0.25, 0.3) is 0 Å². The molecule has 1 aliphatic rings. The largest absolute Gasteiger partial charge is 0.371 e. The minimum absolute atomic E-state index is 0.108. The van der Waals surface area contributed by atoms with E-state index in [1.54, 1.807) is 6.07 Å². The summed E-state index contributed by atoms with van der Waals surface area (Å²) < 4.78 is 13.6. The molecule has 3 heteroatoms. The second kappa shape index (κ2) is 5.17. The van der Waals surface area contributed by atoms with Crippen LogP contribution in [0.1, 0.15) is 25.3 Å². The molecule has 1 fully saturated rings. The molecule has 1 aliphatic carbocycles. The van der Waals surface area contributed by atoms with E-state index in [9.17, 15) is 4.39 Å². The zero-order chi connectivity index (χ0) is 11.5. The summed E-state index contributed by atoms with van der Waals surface area (Å²) in [6.07, 6.45) is 2.66. The Morgan fingerprint density at radius 2 is 2.19 bits per heavy atom. The highest BCUT2D eigenvalue weighted by molar-refractivity contribution is 9.08. The van der Waals surface area contributed by atoms with E-state index >= 15 is 0 Å². The van der Waals surface area contributed by atoms with Crippen molar-refractivity contribution in [3.8, 4) is 0 Å². The molecule has 0 amide bonds. The highest BCUT2D eigenvalue weighted by Gasteiger charge is 2.25. The van der Waals surface area contributed by atoms with Gasteiger partial charge in [-0.1, -0.05) is 22.0 Å². The summed E-state index contributed by atoms with van der Waals surface area (Å²) in [6, 6.07) is 5.35. The molecule has 0 aliphatic heterocycles. The maximum Gasteiger partial charge on any atom is 0.129 e. The van der Waals surface area contributed by atoms with Gasteiger partial charge in [0.2, 0.25) is 0 Å². The molecule has 88 valence electrons. The van der Waals surface area contributed by atoms with Crippen LogP contribution in [0.3, 0.4) is 0 Å². The van der Waals surface area contributed by atoms with Crippen molar-refractivity contribution in [2.75, 3.05) is 18.0 Å². The first-order valence-electron chi connectivity index (χ1n) is 5.84. The average Bonchev–Trinajstić information content (AvgIpc) is 3.09. The number of hydrogen-bond donors (Lipinski definition) is 0. The average molecular weight is 286 g/mol. The highest BCUT2D eigenvalue weighted by Crippen LogP contribution is 2.33. The van der Waals surface area contributed by atoms with Crippen LogP contribution in [0.5, 0.6) is 0 Å². The SMILES string of the molecule is CCN(CC1CC1)c1cccc(F)c1CBr. The minimum Gasteiger partial charge on any atom is -0.371 e. The monoisotopic (exact) mass is 285 g/mol. The topological polar surface area (TPSA) is 3.24 Å². The molecule has 2 rings (SSSR count). The van der Waals surface area contributed by atoms with Crippen molar-refractivity contribution in [2.24, 2.45) is 5.92 Å². The Kier molecular flexibility index (Phi) is 3.85. The summed E-state index contributed by atoms with van der Waals surface area (Å²) in [5, 5.41) is 0.580. The van der Waals surface area contributed by atoms with Gasteiger partial charge in [0.25, 0.3) is 0 Å². The molecular formula is C13H17BrFN. The van der Waals surface area contributed by atoms with E-state index in [1.807, 2.05) is 6.07 Å². The van der Waals surface area contributed by atoms with Crippen LogP contribution in [-0.4, -0.2) is 13.1 Å². The van der Waals surface area contributed by atoms with Crippen molar-refractivity contribution >= 4 is 21.6 Å². The van der Waals surface area contributed by atoms with Gasteiger partial charge in [-0.3, -0.25) is 0 Å². The number of benzene rings is 1. The fourth-order valence-electron chi connectivity index (χ4n) is 1.99. The van der Waals surface area contributed by atoms with Crippen LogP contribution in [0, 0.1) is 11.7 Å². The summed E-state index contributed by atoms with van der Waals surface area (Å²) in [5.74, 6) is 0.718. The Labute approximate surface area is 105 Å².